The lowest BCUT2D eigenvalue weighted by atomic mass is 10.0. The number of rotatable bonds is 4. The molecule has 1 aliphatic heterocycles. The molecule has 0 aliphatic carbocycles. The fraction of sp³-hybridized carbons (Fsp3) is 0.538. The summed E-state index contributed by atoms with van der Waals surface area (Å²) >= 11 is 0. The molecular weight excluding hydrogens is 228 g/mol. The Morgan fingerprint density at radius 3 is 3.11 bits per heavy atom. The molecule has 1 unspecified atom stereocenters. The van der Waals surface area contributed by atoms with Gasteiger partial charge >= 0.3 is 0 Å². The van der Waals surface area contributed by atoms with Gasteiger partial charge in [0.25, 0.3) is 5.91 Å². The normalized spacial score (nSPS) is 19.8. The Morgan fingerprint density at radius 1 is 1.56 bits per heavy atom. The number of anilines is 1. The summed E-state index contributed by atoms with van der Waals surface area (Å²) in [5.74, 6) is 0.380. The van der Waals surface area contributed by atoms with Crippen LogP contribution in [0.2, 0.25) is 0 Å². The summed E-state index contributed by atoms with van der Waals surface area (Å²) in [6, 6.07) is 5.89. The highest BCUT2D eigenvalue weighted by molar-refractivity contribution is 5.91. The lowest BCUT2D eigenvalue weighted by Gasteiger charge is -2.36. The molecule has 18 heavy (non-hydrogen) atoms. The number of carbonyl (C=O) groups excluding carboxylic acids is 1. The number of nitrogens with one attached hydrogen (secondary N) is 1. The third-order valence-corrected chi connectivity index (χ3v) is 3.35. The Morgan fingerprint density at radius 2 is 2.39 bits per heavy atom. The number of hydrogen-bond acceptors (Lipinski definition) is 4. The van der Waals surface area contributed by atoms with Gasteiger partial charge in [0.05, 0.1) is 0 Å². The maximum atomic E-state index is 11.2. The molecule has 0 saturated carbocycles. The van der Waals surface area contributed by atoms with E-state index in [0.29, 0.717) is 11.7 Å². The van der Waals surface area contributed by atoms with Crippen LogP contribution in [0, 0.1) is 0 Å². The molecule has 0 radical (unpaired) electrons. The van der Waals surface area contributed by atoms with Gasteiger partial charge in [-0.1, -0.05) is 6.07 Å². The average Bonchev–Trinajstić information content (AvgIpc) is 2.40. The number of likely N-dealkylation sites (N-methyl/N-ethyl adjacent to an activating group) is 1. The molecule has 1 aromatic heterocycles. The Balaban J connectivity index is 2.22. The van der Waals surface area contributed by atoms with E-state index in [9.17, 15) is 4.79 Å². The molecule has 1 aromatic rings. The molecule has 3 N–H and O–H groups in total. The van der Waals surface area contributed by atoms with Crippen molar-refractivity contribution < 1.29 is 4.79 Å². The third-order valence-electron chi connectivity index (χ3n) is 3.35. The first-order chi connectivity index (χ1) is 8.72. The van der Waals surface area contributed by atoms with Gasteiger partial charge in [0, 0.05) is 19.1 Å². The van der Waals surface area contributed by atoms with Gasteiger partial charge in [0.1, 0.15) is 11.5 Å². The molecule has 2 heterocycles. The van der Waals surface area contributed by atoms with Gasteiger partial charge in [0.15, 0.2) is 0 Å². The molecule has 0 spiro atoms. The summed E-state index contributed by atoms with van der Waals surface area (Å²) in [6.07, 6.45) is 3.57. The highest BCUT2D eigenvalue weighted by Gasteiger charge is 2.23. The molecule has 1 saturated heterocycles. The van der Waals surface area contributed by atoms with E-state index < -0.39 is 5.91 Å². The summed E-state index contributed by atoms with van der Waals surface area (Å²) in [6.45, 7) is 1.92. The fourth-order valence-corrected chi connectivity index (χ4v) is 2.47. The molecule has 5 nitrogen and oxygen atoms in total. The van der Waals surface area contributed by atoms with Crippen molar-refractivity contribution in [1.82, 2.24) is 10.3 Å². The van der Waals surface area contributed by atoms with Crippen LogP contribution in [-0.4, -0.2) is 37.1 Å². The molecule has 1 fully saturated rings. The molecular formula is C13H20N4O. The number of amides is 1. The highest BCUT2D eigenvalue weighted by Crippen LogP contribution is 2.22. The van der Waals surface area contributed by atoms with Crippen LogP contribution in [0.3, 0.4) is 0 Å². The Kier molecular flexibility index (Phi) is 4.15. The maximum absolute atomic E-state index is 11.2. The van der Waals surface area contributed by atoms with E-state index >= 15 is 0 Å². The highest BCUT2D eigenvalue weighted by atomic mass is 16.1. The summed E-state index contributed by atoms with van der Waals surface area (Å²) < 4.78 is 0. The number of primary amides is 1. The van der Waals surface area contributed by atoms with Crippen LogP contribution in [-0.2, 0) is 0 Å². The van der Waals surface area contributed by atoms with E-state index in [1.807, 2.05) is 19.2 Å². The number of piperidine rings is 1. The zero-order valence-corrected chi connectivity index (χ0v) is 10.7. The Hall–Kier alpha value is -1.62. The van der Waals surface area contributed by atoms with Crippen molar-refractivity contribution in [2.75, 3.05) is 25.0 Å². The maximum Gasteiger partial charge on any atom is 0.267 e. The summed E-state index contributed by atoms with van der Waals surface area (Å²) in [7, 11) is 1.96. The van der Waals surface area contributed by atoms with Crippen LogP contribution in [0.15, 0.2) is 18.2 Å². The van der Waals surface area contributed by atoms with E-state index in [1.165, 1.54) is 12.8 Å². The van der Waals surface area contributed by atoms with Crippen LogP contribution in [0.5, 0.6) is 0 Å². The van der Waals surface area contributed by atoms with Crippen molar-refractivity contribution >= 4 is 11.7 Å². The SMILES string of the molecule is CNCC1CCCCN1c1cccc(C(N)=O)n1. The van der Waals surface area contributed by atoms with Crippen LogP contribution in [0.4, 0.5) is 5.82 Å². The van der Waals surface area contributed by atoms with Crippen LogP contribution in [0.1, 0.15) is 29.8 Å². The van der Waals surface area contributed by atoms with E-state index in [4.69, 9.17) is 5.73 Å². The van der Waals surface area contributed by atoms with Crippen molar-refractivity contribution in [3.8, 4) is 0 Å². The number of nitrogens with zero attached hydrogens (tertiary/aromatic N) is 2. The fourth-order valence-electron chi connectivity index (χ4n) is 2.47. The van der Waals surface area contributed by atoms with Gasteiger partial charge in [-0.2, -0.15) is 0 Å². The number of nitrogens with two attached hydrogens (primary N) is 1. The van der Waals surface area contributed by atoms with Gasteiger partial charge in [-0.25, -0.2) is 4.98 Å². The molecule has 1 amide bonds. The number of pyridine rings is 1. The Bertz CT molecular complexity index is 419. The van der Waals surface area contributed by atoms with Crippen LogP contribution < -0.4 is 16.0 Å². The quantitative estimate of drug-likeness (QED) is 0.825. The van der Waals surface area contributed by atoms with E-state index in [0.717, 1.165) is 25.3 Å². The minimum absolute atomic E-state index is 0.335. The third kappa shape index (κ3) is 2.79. The van der Waals surface area contributed by atoms with E-state index in [1.54, 1.807) is 6.07 Å². The topological polar surface area (TPSA) is 71.2 Å². The lowest BCUT2D eigenvalue weighted by Crippen LogP contribution is -2.45. The summed E-state index contributed by atoms with van der Waals surface area (Å²) in [5, 5.41) is 3.21. The van der Waals surface area contributed by atoms with Crippen LogP contribution in [0.25, 0.3) is 0 Å². The molecule has 0 bridgehead atoms. The number of hydrogen-bond donors (Lipinski definition) is 2. The lowest BCUT2D eigenvalue weighted by molar-refractivity contribution is 0.0995. The second-order valence-electron chi connectivity index (χ2n) is 4.65. The van der Waals surface area contributed by atoms with Gasteiger partial charge in [-0.05, 0) is 38.4 Å². The first-order valence-electron chi connectivity index (χ1n) is 6.40. The summed E-state index contributed by atoms with van der Waals surface area (Å²) in [5.41, 5.74) is 5.61. The van der Waals surface area contributed by atoms with Gasteiger partial charge in [-0.3, -0.25) is 4.79 Å². The van der Waals surface area contributed by atoms with Gasteiger partial charge in [-0.15, -0.1) is 0 Å². The first-order valence-corrected chi connectivity index (χ1v) is 6.40. The summed E-state index contributed by atoms with van der Waals surface area (Å²) in [4.78, 5) is 17.8. The minimum atomic E-state index is -0.473. The standard InChI is InChI=1S/C13H20N4O/c1-15-9-10-5-2-3-8-17(10)12-7-4-6-11(16-12)13(14)18/h4,6-7,10,15H,2-3,5,8-9H2,1H3,(H2,14,18). The molecule has 1 aliphatic rings. The second-order valence-corrected chi connectivity index (χ2v) is 4.65. The molecule has 98 valence electrons. The first kappa shape index (κ1) is 12.8. The molecule has 2 rings (SSSR count). The van der Waals surface area contributed by atoms with E-state index in [2.05, 4.69) is 15.2 Å². The smallest absolute Gasteiger partial charge is 0.267 e. The zero-order chi connectivity index (χ0) is 13.0. The number of carbonyl (C=O) groups is 1. The van der Waals surface area contributed by atoms with Crippen molar-refractivity contribution in [2.45, 2.75) is 25.3 Å². The number of aromatic nitrogens is 1. The Labute approximate surface area is 107 Å². The van der Waals surface area contributed by atoms with Crippen molar-refractivity contribution in [1.29, 1.82) is 0 Å². The molecule has 1 atom stereocenters. The largest absolute Gasteiger partial charge is 0.364 e. The van der Waals surface area contributed by atoms with Gasteiger partial charge < -0.3 is 16.0 Å². The predicted octanol–water partition coefficient (Wildman–Crippen LogP) is 0.759. The minimum Gasteiger partial charge on any atom is -0.364 e. The zero-order valence-electron chi connectivity index (χ0n) is 10.7. The van der Waals surface area contributed by atoms with E-state index in [-0.39, 0.29) is 0 Å². The molecule has 0 aromatic carbocycles. The van der Waals surface area contributed by atoms with Crippen molar-refractivity contribution in [3.63, 3.8) is 0 Å². The second kappa shape index (κ2) is 5.82. The van der Waals surface area contributed by atoms with Crippen molar-refractivity contribution in [3.05, 3.63) is 23.9 Å². The molecule has 5 heteroatoms. The van der Waals surface area contributed by atoms with Crippen molar-refractivity contribution in [2.24, 2.45) is 5.73 Å². The monoisotopic (exact) mass is 248 g/mol. The van der Waals surface area contributed by atoms with Gasteiger partial charge in [0.2, 0.25) is 0 Å². The van der Waals surface area contributed by atoms with Crippen LogP contribution >= 0.6 is 0 Å². The average molecular weight is 248 g/mol. The predicted molar refractivity (Wildman–Crippen MR) is 71.7 cm³/mol.